The van der Waals surface area contributed by atoms with Gasteiger partial charge in [0.2, 0.25) is 0 Å². The Balaban J connectivity index is 0.00000576. The minimum absolute atomic E-state index is 0. The third kappa shape index (κ3) is 6.01. The molecule has 0 amide bonds. The minimum Gasteiger partial charge on any atom is -0.289 e. The molecule has 1 aliphatic rings. The van der Waals surface area contributed by atoms with Crippen molar-refractivity contribution >= 4 is 20.0 Å². The predicted octanol–water partition coefficient (Wildman–Crippen LogP) is 5.22. The Morgan fingerprint density at radius 1 is 1.04 bits per heavy atom. The number of carbonyl (C=O) groups is 2. The molecule has 0 aromatic carbocycles. The fourth-order valence-electron chi connectivity index (χ4n) is 2.66. The molecule has 2 nitrogen and oxygen atoms in total. The number of allylic oxidation sites excluding steroid dienone is 11. The van der Waals surface area contributed by atoms with E-state index in [1.165, 1.54) is 17.2 Å². The topological polar surface area (TPSA) is 34.1 Å². The number of Topliss-reactive ketones (excluding diaryl/α,β-unsaturated/α-hetero) is 2. The monoisotopic (exact) mass is 335 g/mol. The van der Waals surface area contributed by atoms with E-state index in [0.717, 1.165) is 12.8 Å². The molecule has 3 heteroatoms. The van der Waals surface area contributed by atoms with Crippen LogP contribution in [0, 0.1) is 0 Å². The zero-order valence-electron chi connectivity index (χ0n) is 16.1. The van der Waals surface area contributed by atoms with Crippen LogP contribution in [0.15, 0.2) is 70.4 Å². The Morgan fingerprint density at radius 2 is 1.68 bits per heavy atom. The lowest BCUT2D eigenvalue weighted by atomic mass is 9.82. The lowest BCUT2D eigenvalue weighted by Crippen LogP contribution is -2.21. The second-order valence-electron chi connectivity index (χ2n) is 6.37. The third-order valence-corrected chi connectivity index (χ3v) is 4.13. The molecule has 0 atom stereocenters. The van der Waals surface area contributed by atoms with Crippen molar-refractivity contribution in [3.05, 3.63) is 70.4 Å². The van der Waals surface area contributed by atoms with Gasteiger partial charge >= 0.3 is 0 Å². The van der Waals surface area contributed by atoms with E-state index in [4.69, 9.17) is 0 Å². The summed E-state index contributed by atoms with van der Waals surface area (Å²) in [6, 6.07) is 0. The average Bonchev–Trinajstić information content (AvgIpc) is 2.52. The standard InChI is InChI=1S/C22H28O2.B/c1-7-10-20-18(8-2)21(23)17(6)19(22(20)24)14-13-16(5)12-9-11-15(3)4;/h7-8,10-11,13H,2,9,12,14H2,1,3-6H3;/b10-7-,16-13+;. The summed E-state index contributed by atoms with van der Waals surface area (Å²) < 4.78 is 0. The van der Waals surface area contributed by atoms with E-state index in [1.54, 1.807) is 19.1 Å². The van der Waals surface area contributed by atoms with Crippen LogP contribution in [-0.2, 0) is 9.59 Å². The summed E-state index contributed by atoms with van der Waals surface area (Å²) >= 11 is 0. The first-order valence-corrected chi connectivity index (χ1v) is 8.41. The van der Waals surface area contributed by atoms with E-state index in [9.17, 15) is 9.59 Å². The lowest BCUT2D eigenvalue weighted by Gasteiger charge is -2.18. The second-order valence-corrected chi connectivity index (χ2v) is 6.37. The molecule has 1 aliphatic carbocycles. The van der Waals surface area contributed by atoms with Crippen molar-refractivity contribution < 1.29 is 9.59 Å². The number of hydrogen-bond donors (Lipinski definition) is 0. The van der Waals surface area contributed by atoms with Crippen LogP contribution in [0.4, 0.5) is 0 Å². The van der Waals surface area contributed by atoms with Gasteiger partial charge in [-0.15, -0.1) is 0 Å². The van der Waals surface area contributed by atoms with Gasteiger partial charge in [-0.1, -0.05) is 48.1 Å². The largest absolute Gasteiger partial charge is 0.289 e. The Bertz CT molecular complexity index is 694. The van der Waals surface area contributed by atoms with Crippen LogP contribution in [-0.4, -0.2) is 20.0 Å². The normalized spacial score (nSPS) is 15.6. The highest BCUT2D eigenvalue weighted by Crippen LogP contribution is 2.28. The van der Waals surface area contributed by atoms with E-state index in [0.29, 0.717) is 28.7 Å². The first kappa shape index (κ1) is 22.8. The molecule has 1 rings (SSSR count). The second kappa shape index (κ2) is 10.7. The zero-order valence-corrected chi connectivity index (χ0v) is 16.1. The molecule has 0 N–H and O–H groups in total. The molecule has 0 saturated carbocycles. The van der Waals surface area contributed by atoms with Crippen LogP contribution in [0.5, 0.6) is 0 Å². The van der Waals surface area contributed by atoms with E-state index >= 15 is 0 Å². The van der Waals surface area contributed by atoms with Gasteiger partial charge in [-0.2, -0.15) is 0 Å². The Morgan fingerprint density at radius 3 is 2.20 bits per heavy atom. The van der Waals surface area contributed by atoms with E-state index in [1.807, 2.05) is 6.92 Å². The molecule has 0 aromatic heterocycles. The average molecular weight is 335 g/mol. The molecule has 0 aromatic rings. The van der Waals surface area contributed by atoms with Gasteiger partial charge in [0, 0.05) is 30.7 Å². The fraction of sp³-hybridized carbons (Fsp3) is 0.364. The summed E-state index contributed by atoms with van der Waals surface area (Å²) in [6.45, 7) is 13.5. The Labute approximate surface area is 154 Å². The molecule has 131 valence electrons. The van der Waals surface area contributed by atoms with Crippen molar-refractivity contribution in [1.29, 1.82) is 0 Å². The van der Waals surface area contributed by atoms with Crippen molar-refractivity contribution in [3.63, 3.8) is 0 Å². The maximum Gasteiger partial charge on any atom is 0.190 e. The number of carbonyl (C=O) groups excluding carboxylic acids is 2. The molecule has 0 aliphatic heterocycles. The SMILES string of the molecule is C=CC1=C(/C=C\C)C(=O)C(C/C=C(\C)CCC=C(C)C)=C(C)C1=O.[B]. The summed E-state index contributed by atoms with van der Waals surface area (Å²) in [4.78, 5) is 25.2. The van der Waals surface area contributed by atoms with Crippen molar-refractivity contribution in [2.45, 2.75) is 53.9 Å². The third-order valence-electron chi connectivity index (χ3n) is 4.13. The summed E-state index contributed by atoms with van der Waals surface area (Å²) in [6.07, 6.45) is 11.7. The number of hydrogen-bond acceptors (Lipinski definition) is 2. The van der Waals surface area contributed by atoms with Gasteiger partial charge in [-0.3, -0.25) is 9.59 Å². The van der Waals surface area contributed by atoms with Crippen molar-refractivity contribution in [3.8, 4) is 0 Å². The maximum absolute atomic E-state index is 12.8. The van der Waals surface area contributed by atoms with Gasteiger partial charge < -0.3 is 0 Å². The number of rotatable bonds is 7. The van der Waals surface area contributed by atoms with E-state index in [2.05, 4.69) is 39.5 Å². The van der Waals surface area contributed by atoms with Gasteiger partial charge in [0.05, 0.1) is 0 Å². The Hall–Kier alpha value is -2.16. The van der Waals surface area contributed by atoms with Crippen molar-refractivity contribution in [2.24, 2.45) is 0 Å². The predicted molar refractivity (Wildman–Crippen MR) is 108 cm³/mol. The smallest absolute Gasteiger partial charge is 0.190 e. The summed E-state index contributed by atoms with van der Waals surface area (Å²) in [5.74, 6) is -0.156. The van der Waals surface area contributed by atoms with Gasteiger partial charge in [-0.25, -0.2) is 0 Å². The molecule has 0 unspecified atom stereocenters. The van der Waals surface area contributed by atoms with Crippen molar-refractivity contribution in [1.82, 2.24) is 0 Å². The summed E-state index contributed by atoms with van der Waals surface area (Å²) in [5.41, 5.74) is 4.54. The van der Waals surface area contributed by atoms with Gasteiger partial charge in [-0.05, 0) is 53.9 Å². The number of ketones is 2. The van der Waals surface area contributed by atoms with Crippen LogP contribution in [0.25, 0.3) is 0 Å². The first-order chi connectivity index (χ1) is 11.3. The zero-order chi connectivity index (χ0) is 18.3. The molecule has 0 fully saturated rings. The molecule has 0 bridgehead atoms. The van der Waals surface area contributed by atoms with Gasteiger partial charge in [0.25, 0.3) is 0 Å². The van der Waals surface area contributed by atoms with Crippen LogP contribution in [0.2, 0.25) is 0 Å². The van der Waals surface area contributed by atoms with E-state index in [-0.39, 0.29) is 20.0 Å². The quantitative estimate of drug-likeness (QED) is 0.363. The summed E-state index contributed by atoms with van der Waals surface area (Å²) in [5, 5.41) is 0. The molecular formula is C22H28BO2. The first-order valence-electron chi connectivity index (χ1n) is 8.41. The van der Waals surface area contributed by atoms with Crippen molar-refractivity contribution in [2.75, 3.05) is 0 Å². The van der Waals surface area contributed by atoms with Crippen LogP contribution in [0.3, 0.4) is 0 Å². The molecule has 3 radical (unpaired) electrons. The Kier molecular flexibility index (Phi) is 9.74. The van der Waals surface area contributed by atoms with Crippen LogP contribution in [0.1, 0.15) is 53.9 Å². The molecule has 0 saturated heterocycles. The van der Waals surface area contributed by atoms with E-state index < -0.39 is 0 Å². The van der Waals surface area contributed by atoms with Crippen LogP contribution < -0.4 is 0 Å². The fourth-order valence-corrected chi connectivity index (χ4v) is 2.66. The highest BCUT2D eigenvalue weighted by atomic mass is 16.1. The lowest BCUT2D eigenvalue weighted by molar-refractivity contribution is -0.116. The highest BCUT2D eigenvalue weighted by molar-refractivity contribution is 6.27. The van der Waals surface area contributed by atoms with Gasteiger partial charge in [0.1, 0.15) is 0 Å². The molecule has 25 heavy (non-hydrogen) atoms. The molecule has 0 spiro atoms. The molecular weight excluding hydrogens is 307 g/mol. The maximum atomic E-state index is 12.8. The molecule has 0 heterocycles. The minimum atomic E-state index is -0.0942. The highest BCUT2D eigenvalue weighted by Gasteiger charge is 2.28. The van der Waals surface area contributed by atoms with Crippen LogP contribution >= 0.6 is 0 Å². The van der Waals surface area contributed by atoms with Gasteiger partial charge in [0.15, 0.2) is 11.6 Å². The summed E-state index contributed by atoms with van der Waals surface area (Å²) in [7, 11) is 0.